The lowest BCUT2D eigenvalue weighted by atomic mass is 9.67. The van der Waals surface area contributed by atoms with Gasteiger partial charge in [-0.3, -0.25) is 4.79 Å². The first-order valence-electron chi connectivity index (χ1n) is 12.0. The zero-order valence-electron chi connectivity index (χ0n) is 18.2. The Hall–Kier alpha value is -2.67. The maximum Gasteiger partial charge on any atom is 0.193 e. The summed E-state index contributed by atoms with van der Waals surface area (Å²) in [6.45, 7) is 0. The Balaban J connectivity index is 1.65. The van der Waals surface area contributed by atoms with Gasteiger partial charge in [0.25, 0.3) is 0 Å². The molecule has 0 heterocycles. The van der Waals surface area contributed by atoms with E-state index < -0.39 is 0 Å². The van der Waals surface area contributed by atoms with Crippen molar-refractivity contribution in [3.63, 3.8) is 0 Å². The van der Waals surface area contributed by atoms with Crippen LogP contribution in [-0.2, 0) is 0 Å². The van der Waals surface area contributed by atoms with E-state index in [-0.39, 0.29) is 5.78 Å². The molecule has 2 unspecified atom stereocenters. The standard InChI is InChI=1S/C30H31O/c31-30-26-19-12-11-18-25(26)28(23-16-9-6-10-17-23)29-24(20-13-21-27(29)30)22-14-7-4-2-1-3-5-8-15-22/h6-7,9-13,16-22,24H,1-5,8,14-15H2. The average Bonchev–Trinajstić information content (AvgIpc) is 2.83. The highest BCUT2D eigenvalue weighted by Crippen LogP contribution is 2.47. The van der Waals surface area contributed by atoms with Crippen molar-refractivity contribution in [3.05, 3.63) is 107 Å². The van der Waals surface area contributed by atoms with E-state index in [1.54, 1.807) is 0 Å². The van der Waals surface area contributed by atoms with Crippen LogP contribution in [0.15, 0.2) is 84.0 Å². The second-order valence-corrected chi connectivity index (χ2v) is 9.15. The lowest BCUT2D eigenvalue weighted by molar-refractivity contribution is 0.103. The maximum absolute atomic E-state index is 13.5. The molecule has 1 radical (unpaired) electrons. The summed E-state index contributed by atoms with van der Waals surface area (Å²) in [6.07, 6.45) is 19.3. The van der Waals surface area contributed by atoms with Gasteiger partial charge in [0.05, 0.1) is 0 Å². The summed E-state index contributed by atoms with van der Waals surface area (Å²) in [5.74, 6) is 1.04. The summed E-state index contributed by atoms with van der Waals surface area (Å²) in [4.78, 5) is 13.5. The molecule has 1 fully saturated rings. The molecule has 2 aromatic carbocycles. The Kier molecular flexibility index (Phi) is 6.02. The fraction of sp³-hybridized carbons (Fsp3) is 0.333. The third kappa shape index (κ3) is 3.99. The van der Waals surface area contributed by atoms with Gasteiger partial charge in [0.2, 0.25) is 0 Å². The van der Waals surface area contributed by atoms with Gasteiger partial charge in [-0.15, -0.1) is 0 Å². The highest BCUT2D eigenvalue weighted by atomic mass is 16.1. The summed E-state index contributed by atoms with van der Waals surface area (Å²) in [7, 11) is 0. The van der Waals surface area contributed by atoms with Gasteiger partial charge in [0, 0.05) is 17.1 Å². The number of fused-ring (bicyclic) bond motifs is 2. The molecule has 0 amide bonds. The van der Waals surface area contributed by atoms with Crippen LogP contribution in [0.5, 0.6) is 0 Å². The molecule has 1 nitrogen and oxygen atoms in total. The zero-order chi connectivity index (χ0) is 21.0. The predicted octanol–water partition coefficient (Wildman–Crippen LogP) is 7.75. The van der Waals surface area contributed by atoms with Crippen LogP contribution < -0.4 is 0 Å². The Morgan fingerprint density at radius 2 is 1.52 bits per heavy atom. The summed E-state index contributed by atoms with van der Waals surface area (Å²) in [6, 6.07) is 18.8. The van der Waals surface area contributed by atoms with Gasteiger partial charge in [-0.05, 0) is 47.5 Å². The SMILES string of the molecule is O=C1C2=CC=CC(C3C[CH]CCCCCCC3)C2=C(c2ccccc2)c2ccccc21. The number of benzene rings is 2. The zero-order valence-corrected chi connectivity index (χ0v) is 18.2. The molecule has 0 aromatic heterocycles. The molecular weight excluding hydrogens is 376 g/mol. The molecule has 0 spiro atoms. The van der Waals surface area contributed by atoms with Gasteiger partial charge < -0.3 is 0 Å². The summed E-state index contributed by atoms with van der Waals surface area (Å²) >= 11 is 0. The molecule has 0 bridgehead atoms. The van der Waals surface area contributed by atoms with E-state index in [4.69, 9.17) is 0 Å². The van der Waals surface area contributed by atoms with Gasteiger partial charge in [-0.1, -0.05) is 111 Å². The van der Waals surface area contributed by atoms with Gasteiger partial charge >= 0.3 is 0 Å². The van der Waals surface area contributed by atoms with Crippen LogP contribution in [-0.4, -0.2) is 5.78 Å². The summed E-state index contributed by atoms with van der Waals surface area (Å²) in [5.41, 5.74) is 6.56. The molecule has 31 heavy (non-hydrogen) atoms. The normalized spacial score (nSPS) is 22.5. The highest BCUT2D eigenvalue weighted by Gasteiger charge is 2.36. The van der Waals surface area contributed by atoms with Crippen LogP contribution in [0.2, 0.25) is 0 Å². The van der Waals surface area contributed by atoms with E-state index in [1.807, 2.05) is 12.1 Å². The lowest BCUT2D eigenvalue weighted by Crippen LogP contribution is -2.26. The molecule has 2 aromatic rings. The number of rotatable bonds is 2. The van der Waals surface area contributed by atoms with E-state index in [1.165, 1.54) is 61.7 Å². The quantitative estimate of drug-likeness (QED) is 0.497. The lowest BCUT2D eigenvalue weighted by Gasteiger charge is -2.35. The molecule has 0 aliphatic heterocycles. The first kappa shape index (κ1) is 20.2. The van der Waals surface area contributed by atoms with Crippen molar-refractivity contribution >= 4 is 11.4 Å². The second-order valence-electron chi connectivity index (χ2n) is 9.15. The third-order valence-electron chi connectivity index (χ3n) is 7.18. The third-order valence-corrected chi connectivity index (χ3v) is 7.18. The number of ketones is 1. The number of allylic oxidation sites excluding steroid dienone is 5. The number of carbonyl (C=O) groups excluding carboxylic acids is 1. The van der Waals surface area contributed by atoms with Crippen LogP contribution in [0, 0.1) is 18.3 Å². The molecule has 1 saturated carbocycles. The van der Waals surface area contributed by atoms with E-state index in [0.29, 0.717) is 11.8 Å². The predicted molar refractivity (Wildman–Crippen MR) is 129 cm³/mol. The van der Waals surface area contributed by atoms with E-state index in [0.717, 1.165) is 23.1 Å². The van der Waals surface area contributed by atoms with Crippen molar-refractivity contribution in [2.75, 3.05) is 0 Å². The Bertz CT molecular complexity index is 1030. The molecule has 5 rings (SSSR count). The number of hydrogen-bond donors (Lipinski definition) is 0. The molecular formula is C30H31O. The molecule has 1 heteroatoms. The van der Waals surface area contributed by atoms with Crippen LogP contribution in [0.3, 0.4) is 0 Å². The summed E-state index contributed by atoms with van der Waals surface area (Å²) < 4.78 is 0. The molecule has 2 atom stereocenters. The van der Waals surface area contributed by atoms with Crippen molar-refractivity contribution < 1.29 is 4.79 Å². The fourth-order valence-electron chi connectivity index (χ4n) is 5.64. The van der Waals surface area contributed by atoms with Gasteiger partial charge in [-0.2, -0.15) is 0 Å². The minimum atomic E-state index is 0.184. The van der Waals surface area contributed by atoms with Crippen molar-refractivity contribution in [2.45, 2.75) is 51.4 Å². The van der Waals surface area contributed by atoms with E-state index in [2.05, 4.69) is 67.1 Å². The Morgan fingerprint density at radius 1 is 0.774 bits per heavy atom. The Morgan fingerprint density at radius 3 is 2.39 bits per heavy atom. The molecule has 157 valence electrons. The molecule has 0 saturated heterocycles. The van der Waals surface area contributed by atoms with Crippen molar-refractivity contribution in [3.8, 4) is 0 Å². The van der Waals surface area contributed by atoms with E-state index in [9.17, 15) is 4.79 Å². The smallest absolute Gasteiger partial charge is 0.193 e. The van der Waals surface area contributed by atoms with Crippen molar-refractivity contribution in [1.29, 1.82) is 0 Å². The minimum Gasteiger partial charge on any atom is -0.289 e. The summed E-state index contributed by atoms with van der Waals surface area (Å²) in [5, 5.41) is 0. The van der Waals surface area contributed by atoms with Crippen LogP contribution in [0.1, 0.15) is 72.9 Å². The molecule has 0 N–H and O–H groups in total. The second kappa shape index (κ2) is 9.22. The largest absolute Gasteiger partial charge is 0.289 e. The Labute approximate surface area is 186 Å². The highest BCUT2D eigenvalue weighted by molar-refractivity contribution is 6.20. The van der Waals surface area contributed by atoms with Gasteiger partial charge in [-0.25, -0.2) is 0 Å². The number of hydrogen-bond acceptors (Lipinski definition) is 1. The topological polar surface area (TPSA) is 17.1 Å². The van der Waals surface area contributed by atoms with Crippen molar-refractivity contribution in [2.24, 2.45) is 11.8 Å². The number of Topliss-reactive ketones (excluding diaryl/α,β-unsaturated/α-hetero) is 1. The van der Waals surface area contributed by atoms with Crippen molar-refractivity contribution in [1.82, 2.24) is 0 Å². The van der Waals surface area contributed by atoms with Gasteiger partial charge in [0.1, 0.15) is 0 Å². The van der Waals surface area contributed by atoms with E-state index >= 15 is 0 Å². The fourth-order valence-corrected chi connectivity index (χ4v) is 5.64. The monoisotopic (exact) mass is 407 g/mol. The van der Waals surface area contributed by atoms with Crippen LogP contribution in [0.4, 0.5) is 0 Å². The first-order chi connectivity index (χ1) is 15.3. The molecule has 3 aliphatic carbocycles. The van der Waals surface area contributed by atoms with Crippen LogP contribution in [0.25, 0.3) is 5.57 Å². The molecule has 3 aliphatic rings. The van der Waals surface area contributed by atoms with Crippen LogP contribution >= 0.6 is 0 Å². The first-order valence-corrected chi connectivity index (χ1v) is 12.0. The minimum absolute atomic E-state index is 0.184. The average molecular weight is 408 g/mol. The number of carbonyl (C=O) groups is 1. The van der Waals surface area contributed by atoms with Gasteiger partial charge in [0.15, 0.2) is 5.78 Å². The maximum atomic E-state index is 13.5.